The third kappa shape index (κ3) is 5.60. The zero-order valence-electron chi connectivity index (χ0n) is 7.80. The van der Waals surface area contributed by atoms with E-state index in [4.69, 9.17) is 0 Å². The molecule has 0 bridgehead atoms. The van der Waals surface area contributed by atoms with Gasteiger partial charge < -0.3 is 5.32 Å². The van der Waals surface area contributed by atoms with Crippen molar-refractivity contribution in [3.05, 3.63) is 61.1 Å². The Balaban J connectivity index is 0.000000140. The fourth-order valence-corrected chi connectivity index (χ4v) is 0.748. The van der Waals surface area contributed by atoms with E-state index in [2.05, 4.69) is 15.8 Å². The first-order chi connectivity index (χ1) is 7.00. The van der Waals surface area contributed by atoms with Gasteiger partial charge in [-0.3, -0.25) is 5.43 Å². The lowest BCUT2D eigenvalue weighted by Crippen LogP contribution is -1.89. The molecule has 2 N–H and O–H groups in total. The summed E-state index contributed by atoms with van der Waals surface area (Å²) in [6.07, 6.45) is 20.7. The van der Waals surface area contributed by atoms with Crippen molar-refractivity contribution in [3.63, 3.8) is 0 Å². The molecule has 0 saturated carbocycles. The van der Waals surface area contributed by atoms with Crippen LogP contribution in [0.4, 0.5) is 0 Å². The summed E-state index contributed by atoms with van der Waals surface area (Å²) in [7, 11) is 0. The molecule has 0 aromatic rings. The highest BCUT2D eigenvalue weighted by atomic mass is 15.3. The largest absolute Gasteiger partial charge is 0.368 e. The average Bonchev–Trinajstić information content (AvgIpc) is 2.68. The van der Waals surface area contributed by atoms with Gasteiger partial charge in [-0.1, -0.05) is 18.2 Å². The highest BCUT2D eigenvalue weighted by Crippen LogP contribution is 1.81. The second-order valence-corrected chi connectivity index (χ2v) is 2.42. The fourth-order valence-electron chi connectivity index (χ4n) is 0.748. The lowest BCUT2D eigenvalue weighted by molar-refractivity contribution is 0.980. The number of rotatable bonds is 0. The summed E-state index contributed by atoms with van der Waals surface area (Å²) in [5, 5.41) is 6.65. The van der Waals surface area contributed by atoms with Crippen LogP contribution < -0.4 is 10.7 Å². The molecule has 14 heavy (non-hydrogen) atoms. The van der Waals surface area contributed by atoms with Crippen LogP contribution in [0.25, 0.3) is 0 Å². The average molecular weight is 187 g/mol. The maximum atomic E-state index is 3.72. The van der Waals surface area contributed by atoms with Crippen molar-refractivity contribution < 1.29 is 0 Å². The number of allylic oxidation sites excluding steroid dienone is 7. The first-order valence-corrected chi connectivity index (χ1v) is 4.35. The van der Waals surface area contributed by atoms with E-state index in [1.54, 1.807) is 12.4 Å². The van der Waals surface area contributed by atoms with Crippen LogP contribution in [0, 0.1) is 0 Å². The maximum absolute atomic E-state index is 3.72. The van der Waals surface area contributed by atoms with Gasteiger partial charge >= 0.3 is 0 Å². The Labute approximate surface area is 83.9 Å². The molecule has 0 radical (unpaired) electrons. The van der Waals surface area contributed by atoms with Gasteiger partial charge in [0.1, 0.15) is 0 Å². The van der Waals surface area contributed by atoms with Crippen LogP contribution in [0.3, 0.4) is 0 Å². The van der Waals surface area contributed by atoms with Crippen LogP contribution in [0.5, 0.6) is 0 Å². The normalized spacial score (nSPS) is 16.0. The monoisotopic (exact) mass is 187 g/mol. The number of nitrogens with zero attached hydrogens (tertiary/aromatic N) is 1. The van der Waals surface area contributed by atoms with Gasteiger partial charge in [-0.25, -0.2) is 0 Å². The van der Waals surface area contributed by atoms with Gasteiger partial charge in [0.25, 0.3) is 0 Å². The molecule has 72 valence electrons. The second-order valence-electron chi connectivity index (χ2n) is 2.42. The Hall–Kier alpha value is -2.03. The summed E-state index contributed by atoms with van der Waals surface area (Å²) in [5.41, 5.74) is 2.67. The van der Waals surface area contributed by atoms with Gasteiger partial charge in [-0.2, -0.15) is 5.10 Å². The Kier molecular flexibility index (Phi) is 5.47. The standard InChI is InChI=1S/C6H7N.C5H6N2/c2*1-2-4-6-7-5-3-1/h1-7H;1-6H. The SMILES string of the molecule is C1=CC=CNC=C1.C1=CC=NNC=C1. The van der Waals surface area contributed by atoms with E-state index in [1.807, 2.05) is 54.9 Å². The van der Waals surface area contributed by atoms with E-state index in [9.17, 15) is 0 Å². The molecule has 3 nitrogen and oxygen atoms in total. The molecule has 3 heteroatoms. The zero-order valence-corrected chi connectivity index (χ0v) is 7.80. The lowest BCUT2D eigenvalue weighted by atomic mass is 10.5. The van der Waals surface area contributed by atoms with Crippen molar-refractivity contribution >= 4 is 6.21 Å². The van der Waals surface area contributed by atoms with Gasteiger partial charge in [0, 0.05) is 24.8 Å². The number of hydrogen-bond acceptors (Lipinski definition) is 3. The van der Waals surface area contributed by atoms with Crippen LogP contribution in [0.2, 0.25) is 0 Å². The Morgan fingerprint density at radius 2 is 1.29 bits per heavy atom. The molecule has 0 spiro atoms. The first kappa shape index (κ1) is 10.1. The summed E-state index contributed by atoms with van der Waals surface area (Å²) in [5.74, 6) is 0. The highest BCUT2D eigenvalue weighted by Gasteiger charge is 1.68. The summed E-state index contributed by atoms with van der Waals surface area (Å²) in [4.78, 5) is 0. The van der Waals surface area contributed by atoms with Crippen molar-refractivity contribution in [2.24, 2.45) is 5.10 Å². The third-order valence-electron chi connectivity index (χ3n) is 1.35. The predicted molar refractivity (Wildman–Crippen MR) is 60.5 cm³/mol. The van der Waals surface area contributed by atoms with Crippen molar-refractivity contribution in [1.29, 1.82) is 0 Å². The smallest absolute Gasteiger partial charge is 0.0472 e. The van der Waals surface area contributed by atoms with E-state index in [-0.39, 0.29) is 0 Å². The van der Waals surface area contributed by atoms with E-state index in [0.29, 0.717) is 0 Å². The summed E-state index contributed by atoms with van der Waals surface area (Å²) < 4.78 is 0. The molecule has 2 rings (SSSR count). The topological polar surface area (TPSA) is 36.4 Å². The van der Waals surface area contributed by atoms with Crippen LogP contribution in [-0.2, 0) is 0 Å². The third-order valence-corrected chi connectivity index (χ3v) is 1.35. The zero-order chi connectivity index (χ0) is 9.90. The molecule has 0 aromatic heterocycles. The molecule has 0 saturated heterocycles. The Morgan fingerprint density at radius 3 is 2.07 bits per heavy atom. The fraction of sp³-hybridized carbons (Fsp3) is 0. The van der Waals surface area contributed by atoms with E-state index in [0.717, 1.165) is 0 Å². The highest BCUT2D eigenvalue weighted by molar-refractivity contribution is 5.71. The minimum absolute atomic E-state index is 1.69. The molecule has 0 fully saturated rings. The minimum Gasteiger partial charge on any atom is -0.368 e. The quantitative estimate of drug-likeness (QED) is 0.607. The van der Waals surface area contributed by atoms with E-state index < -0.39 is 0 Å². The van der Waals surface area contributed by atoms with E-state index >= 15 is 0 Å². The molecule has 2 heterocycles. The molecule has 0 aliphatic carbocycles. The van der Waals surface area contributed by atoms with Gasteiger partial charge in [0.2, 0.25) is 0 Å². The van der Waals surface area contributed by atoms with Gasteiger partial charge in [-0.15, -0.1) is 0 Å². The first-order valence-electron chi connectivity index (χ1n) is 4.35. The number of nitrogens with one attached hydrogen (secondary N) is 2. The summed E-state index contributed by atoms with van der Waals surface area (Å²) >= 11 is 0. The maximum Gasteiger partial charge on any atom is 0.0472 e. The Morgan fingerprint density at radius 1 is 0.643 bits per heavy atom. The molecule has 2 aliphatic rings. The summed E-state index contributed by atoms with van der Waals surface area (Å²) in [6, 6.07) is 0. The van der Waals surface area contributed by atoms with Crippen LogP contribution in [0.15, 0.2) is 66.2 Å². The van der Waals surface area contributed by atoms with Gasteiger partial charge in [-0.05, 0) is 24.3 Å². The molecule has 0 aromatic carbocycles. The second kappa shape index (κ2) is 7.61. The lowest BCUT2D eigenvalue weighted by Gasteiger charge is -1.79. The van der Waals surface area contributed by atoms with E-state index in [1.165, 1.54) is 0 Å². The van der Waals surface area contributed by atoms with Gasteiger partial charge in [0.05, 0.1) is 0 Å². The van der Waals surface area contributed by atoms with Crippen molar-refractivity contribution in [3.8, 4) is 0 Å². The van der Waals surface area contributed by atoms with Crippen molar-refractivity contribution in [2.45, 2.75) is 0 Å². The number of hydrogen-bond donors (Lipinski definition) is 2. The molecular weight excluding hydrogens is 174 g/mol. The van der Waals surface area contributed by atoms with Crippen LogP contribution in [-0.4, -0.2) is 6.21 Å². The Bertz CT molecular complexity index is 246. The molecule has 0 amide bonds. The molecular formula is C11H13N3. The molecule has 2 aliphatic heterocycles. The molecule has 0 atom stereocenters. The van der Waals surface area contributed by atoms with Gasteiger partial charge in [0.15, 0.2) is 0 Å². The molecule has 0 unspecified atom stereocenters. The van der Waals surface area contributed by atoms with Crippen molar-refractivity contribution in [1.82, 2.24) is 10.7 Å². The number of hydrazone groups is 1. The van der Waals surface area contributed by atoms with Crippen LogP contribution >= 0.6 is 0 Å². The van der Waals surface area contributed by atoms with Crippen molar-refractivity contribution in [2.75, 3.05) is 0 Å². The minimum atomic E-state index is 1.69. The van der Waals surface area contributed by atoms with Crippen LogP contribution in [0.1, 0.15) is 0 Å². The summed E-state index contributed by atoms with van der Waals surface area (Å²) in [6.45, 7) is 0. The predicted octanol–water partition coefficient (Wildman–Crippen LogP) is 1.82.